The van der Waals surface area contributed by atoms with Gasteiger partial charge in [0.1, 0.15) is 12.0 Å². The van der Waals surface area contributed by atoms with Crippen molar-refractivity contribution in [2.45, 2.75) is 19.5 Å². The Bertz CT molecular complexity index is 273. The smallest absolute Gasteiger partial charge is 0.130 e. The Labute approximate surface area is 75.2 Å². The van der Waals surface area contributed by atoms with Crippen LogP contribution in [0.25, 0.3) is 0 Å². The highest BCUT2D eigenvalue weighted by Crippen LogP contribution is 2.25. The van der Waals surface area contributed by atoms with E-state index in [9.17, 15) is 8.78 Å². The number of rotatable bonds is 2. The lowest BCUT2D eigenvalue weighted by atomic mass is 10.1. The van der Waals surface area contributed by atoms with Gasteiger partial charge < -0.3 is 0 Å². The number of hydrogen-bond donors (Lipinski definition) is 0. The van der Waals surface area contributed by atoms with Crippen LogP contribution in [-0.4, -0.2) is 0 Å². The van der Waals surface area contributed by atoms with E-state index in [1.54, 1.807) is 6.92 Å². The Balaban J connectivity index is 3.01. The minimum Gasteiger partial charge on any atom is -0.242 e. The molecular weight excluding hydrogens is 182 g/mol. The average Bonchev–Trinajstić information content (AvgIpc) is 2.03. The van der Waals surface area contributed by atoms with Gasteiger partial charge in [0.15, 0.2) is 0 Å². The van der Waals surface area contributed by atoms with Gasteiger partial charge in [-0.15, -0.1) is 0 Å². The average molecular weight is 191 g/mol. The third-order valence-corrected chi connectivity index (χ3v) is 1.89. The minimum atomic E-state index is -1.23. The van der Waals surface area contributed by atoms with Crippen molar-refractivity contribution in [1.29, 1.82) is 0 Å². The van der Waals surface area contributed by atoms with Gasteiger partial charge in [-0.1, -0.05) is 24.6 Å². The molecule has 0 radical (unpaired) electrons. The third-order valence-electron chi connectivity index (χ3n) is 1.66. The number of alkyl halides is 1. The first-order chi connectivity index (χ1) is 5.65. The first-order valence-electron chi connectivity index (χ1n) is 3.74. The first kappa shape index (κ1) is 9.46. The Morgan fingerprint density at radius 3 is 2.67 bits per heavy atom. The molecular formula is C9H9ClF2. The highest BCUT2D eigenvalue weighted by atomic mass is 35.5. The summed E-state index contributed by atoms with van der Waals surface area (Å²) in [5, 5.41) is 0.291. The molecule has 0 spiro atoms. The molecule has 0 bridgehead atoms. The van der Waals surface area contributed by atoms with Crippen LogP contribution in [0.3, 0.4) is 0 Å². The Kier molecular flexibility index (Phi) is 3.04. The Morgan fingerprint density at radius 2 is 2.17 bits per heavy atom. The van der Waals surface area contributed by atoms with Crippen molar-refractivity contribution in [3.8, 4) is 0 Å². The highest BCUT2D eigenvalue weighted by molar-refractivity contribution is 6.30. The molecule has 12 heavy (non-hydrogen) atoms. The second-order valence-corrected chi connectivity index (χ2v) is 2.98. The van der Waals surface area contributed by atoms with Gasteiger partial charge in [-0.3, -0.25) is 0 Å². The summed E-state index contributed by atoms with van der Waals surface area (Å²) in [6.45, 7) is 1.67. The van der Waals surface area contributed by atoms with Crippen molar-refractivity contribution >= 4 is 11.6 Å². The molecule has 66 valence electrons. The summed E-state index contributed by atoms with van der Waals surface area (Å²) in [5.41, 5.74) is 0.0851. The molecule has 1 aromatic carbocycles. The highest BCUT2D eigenvalue weighted by Gasteiger charge is 2.12. The Morgan fingerprint density at radius 1 is 1.50 bits per heavy atom. The molecule has 0 aliphatic rings. The molecule has 0 saturated carbocycles. The van der Waals surface area contributed by atoms with Gasteiger partial charge in [0.05, 0.1) is 0 Å². The van der Waals surface area contributed by atoms with E-state index in [0.717, 1.165) is 6.07 Å². The van der Waals surface area contributed by atoms with Crippen molar-refractivity contribution < 1.29 is 8.78 Å². The lowest BCUT2D eigenvalue weighted by Crippen LogP contribution is -1.93. The van der Waals surface area contributed by atoms with Crippen LogP contribution >= 0.6 is 11.6 Å². The van der Waals surface area contributed by atoms with E-state index >= 15 is 0 Å². The largest absolute Gasteiger partial charge is 0.242 e. The predicted octanol–water partition coefficient (Wildman–Crippen LogP) is 3.90. The molecule has 0 heterocycles. The summed E-state index contributed by atoms with van der Waals surface area (Å²) in [6, 6.07) is 3.99. The molecule has 0 unspecified atom stereocenters. The zero-order chi connectivity index (χ0) is 9.14. The lowest BCUT2D eigenvalue weighted by molar-refractivity contribution is 0.324. The standard InChI is InChI=1S/C9H9ClF2/c1-2-8(11)7-4-3-6(10)5-9(7)12/h3-5,8H,2H2,1H3/t8-/m1/s1. The fraction of sp³-hybridized carbons (Fsp3) is 0.333. The van der Waals surface area contributed by atoms with Crippen LogP contribution in [0.5, 0.6) is 0 Å². The molecule has 0 aromatic heterocycles. The molecule has 0 nitrogen and oxygen atoms in total. The van der Waals surface area contributed by atoms with Crippen molar-refractivity contribution in [1.82, 2.24) is 0 Å². The van der Waals surface area contributed by atoms with Crippen LogP contribution in [0.1, 0.15) is 25.1 Å². The van der Waals surface area contributed by atoms with Gasteiger partial charge in [-0.2, -0.15) is 0 Å². The van der Waals surface area contributed by atoms with Crippen LogP contribution in [-0.2, 0) is 0 Å². The predicted molar refractivity (Wildman–Crippen MR) is 45.6 cm³/mol. The zero-order valence-corrected chi connectivity index (χ0v) is 7.41. The minimum absolute atomic E-state index is 0.0851. The van der Waals surface area contributed by atoms with E-state index in [4.69, 9.17) is 11.6 Å². The van der Waals surface area contributed by atoms with Gasteiger partial charge in [0.2, 0.25) is 0 Å². The SMILES string of the molecule is CC[C@@H](F)c1ccc(Cl)cc1F. The van der Waals surface area contributed by atoms with Crippen molar-refractivity contribution in [3.05, 3.63) is 34.6 Å². The van der Waals surface area contributed by atoms with E-state index in [-0.39, 0.29) is 12.0 Å². The zero-order valence-electron chi connectivity index (χ0n) is 6.65. The second-order valence-electron chi connectivity index (χ2n) is 2.54. The molecule has 0 saturated heterocycles. The molecule has 0 fully saturated rings. The van der Waals surface area contributed by atoms with Crippen LogP contribution < -0.4 is 0 Å². The fourth-order valence-corrected chi connectivity index (χ4v) is 1.13. The maximum atomic E-state index is 13.0. The van der Waals surface area contributed by atoms with Gasteiger partial charge in [-0.25, -0.2) is 8.78 Å². The van der Waals surface area contributed by atoms with Gasteiger partial charge in [-0.05, 0) is 18.6 Å². The summed E-state index contributed by atoms with van der Waals surface area (Å²) < 4.78 is 25.9. The summed E-state index contributed by atoms with van der Waals surface area (Å²) in [5.74, 6) is -0.572. The number of hydrogen-bond acceptors (Lipinski definition) is 0. The monoisotopic (exact) mass is 190 g/mol. The summed E-state index contributed by atoms with van der Waals surface area (Å²) in [7, 11) is 0. The fourth-order valence-electron chi connectivity index (χ4n) is 0.975. The molecule has 1 atom stereocenters. The molecule has 1 aromatic rings. The van der Waals surface area contributed by atoms with Gasteiger partial charge in [0.25, 0.3) is 0 Å². The van der Waals surface area contributed by atoms with E-state index in [2.05, 4.69) is 0 Å². The molecule has 0 aliphatic carbocycles. The first-order valence-corrected chi connectivity index (χ1v) is 4.12. The molecule has 0 aliphatic heterocycles. The van der Waals surface area contributed by atoms with Crippen LogP contribution in [0, 0.1) is 5.82 Å². The second kappa shape index (κ2) is 3.85. The summed E-state index contributed by atoms with van der Waals surface area (Å²) >= 11 is 5.50. The summed E-state index contributed by atoms with van der Waals surface area (Å²) in [6.07, 6.45) is -0.958. The maximum absolute atomic E-state index is 13.0. The van der Waals surface area contributed by atoms with E-state index in [1.165, 1.54) is 12.1 Å². The maximum Gasteiger partial charge on any atom is 0.130 e. The molecule has 3 heteroatoms. The molecule has 0 amide bonds. The van der Waals surface area contributed by atoms with Crippen molar-refractivity contribution in [2.75, 3.05) is 0 Å². The van der Waals surface area contributed by atoms with Crippen LogP contribution in [0.4, 0.5) is 8.78 Å². The topological polar surface area (TPSA) is 0 Å². The number of benzene rings is 1. The quantitative estimate of drug-likeness (QED) is 0.664. The number of halogens is 3. The van der Waals surface area contributed by atoms with Gasteiger partial charge in [0, 0.05) is 10.6 Å². The third kappa shape index (κ3) is 1.95. The van der Waals surface area contributed by atoms with Crippen LogP contribution in [0.15, 0.2) is 18.2 Å². The normalized spacial score (nSPS) is 13.0. The Hall–Kier alpha value is -0.630. The lowest BCUT2D eigenvalue weighted by Gasteiger charge is -2.06. The summed E-state index contributed by atoms with van der Waals surface area (Å²) in [4.78, 5) is 0. The van der Waals surface area contributed by atoms with E-state index < -0.39 is 12.0 Å². The van der Waals surface area contributed by atoms with Crippen molar-refractivity contribution in [2.24, 2.45) is 0 Å². The van der Waals surface area contributed by atoms with Crippen molar-refractivity contribution in [3.63, 3.8) is 0 Å². The molecule has 0 N–H and O–H groups in total. The van der Waals surface area contributed by atoms with Gasteiger partial charge >= 0.3 is 0 Å². The van der Waals surface area contributed by atoms with E-state index in [1.807, 2.05) is 0 Å². The van der Waals surface area contributed by atoms with E-state index in [0.29, 0.717) is 5.02 Å². The molecule has 1 rings (SSSR count). The van der Waals surface area contributed by atoms with Crippen LogP contribution in [0.2, 0.25) is 5.02 Å².